The second-order valence-electron chi connectivity index (χ2n) is 5.76. The van der Waals surface area contributed by atoms with Crippen LogP contribution in [0.2, 0.25) is 0 Å². The molecule has 0 saturated carbocycles. The first-order valence-electron chi connectivity index (χ1n) is 7.13. The maximum Gasteiger partial charge on any atom is 0.224 e. The highest BCUT2D eigenvalue weighted by Gasteiger charge is 2.19. The molecule has 19 heavy (non-hydrogen) atoms. The maximum absolute atomic E-state index is 12.1. The van der Waals surface area contributed by atoms with Crippen LogP contribution in [0.15, 0.2) is 18.2 Å². The molecule has 3 heteroatoms. The molecule has 1 aromatic carbocycles. The minimum absolute atomic E-state index is 0.134. The van der Waals surface area contributed by atoms with Crippen LogP contribution in [0.3, 0.4) is 0 Å². The van der Waals surface area contributed by atoms with Gasteiger partial charge in [-0.1, -0.05) is 23.8 Å². The normalized spacial score (nSPS) is 23.1. The maximum atomic E-state index is 12.1. The molecule has 1 aromatic rings. The molecule has 0 radical (unpaired) electrons. The number of rotatable bonds is 3. The van der Waals surface area contributed by atoms with Gasteiger partial charge in [0.15, 0.2) is 0 Å². The van der Waals surface area contributed by atoms with E-state index in [0.29, 0.717) is 12.5 Å². The molecule has 1 amide bonds. The highest BCUT2D eigenvalue weighted by molar-refractivity contribution is 5.79. The number of nitrogens with one attached hydrogen (secondary N) is 2. The van der Waals surface area contributed by atoms with Gasteiger partial charge in [0.1, 0.15) is 0 Å². The molecule has 104 valence electrons. The molecule has 2 unspecified atom stereocenters. The van der Waals surface area contributed by atoms with Crippen molar-refractivity contribution in [1.82, 2.24) is 10.6 Å². The van der Waals surface area contributed by atoms with Crippen molar-refractivity contribution in [1.29, 1.82) is 0 Å². The molecular formula is C16H24N2O. The number of amides is 1. The summed E-state index contributed by atoms with van der Waals surface area (Å²) in [5, 5.41) is 6.54. The minimum atomic E-state index is 0.134. The van der Waals surface area contributed by atoms with Gasteiger partial charge in [0.05, 0.1) is 6.42 Å². The van der Waals surface area contributed by atoms with E-state index in [4.69, 9.17) is 0 Å². The van der Waals surface area contributed by atoms with Gasteiger partial charge in [0, 0.05) is 18.6 Å². The van der Waals surface area contributed by atoms with E-state index in [-0.39, 0.29) is 11.9 Å². The second-order valence-corrected chi connectivity index (χ2v) is 5.76. The highest BCUT2D eigenvalue weighted by Crippen LogP contribution is 2.12. The molecule has 1 aliphatic heterocycles. The first-order valence-corrected chi connectivity index (χ1v) is 7.13. The van der Waals surface area contributed by atoms with Crippen LogP contribution in [0.1, 0.15) is 36.5 Å². The van der Waals surface area contributed by atoms with E-state index in [1.807, 2.05) is 0 Å². The van der Waals surface area contributed by atoms with Crippen molar-refractivity contribution in [2.24, 2.45) is 0 Å². The summed E-state index contributed by atoms with van der Waals surface area (Å²) in [7, 11) is 0. The summed E-state index contributed by atoms with van der Waals surface area (Å²) >= 11 is 0. The molecule has 1 heterocycles. The predicted molar refractivity (Wildman–Crippen MR) is 78.2 cm³/mol. The van der Waals surface area contributed by atoms with Crippen LogP contribution < -0.4 is 10.6 Å². The van der Waals surface area contributed by atoms with Gasteiger partial charge in [-0.3, -0.25) is 4.79 Å². The molecule has 2 rings (SSSR count). The van der Waals surface area contributed by atoms with Crippen LogP contribution in [0.5, 0.6) is 0 Å². The third kappa shape index (κ3) is 4.06. The Morgan fingerprint density at radius 3 is 2.84 bits per heavy atom. The molecular weight excluding hydrogens is 236 g/mol. The number of hydrogen-bond donors (Lipinski definition) is 2. The van der Waals surface area contributed by atoms with Crippen LogP contribution in [-0.2, 0) is 11.2 Å². The highest BCUT2D eigenvalue weighted by atomic mass is 16.1. The van der Waals surface area contributed by atoms with Crippen LogP contribution in [-0.4, -0.2) is 24.5 Å². The summed E-state index contributed by atoms with van der Waals surface area (Å²) in [6, 6.07) is 7.14. The average molecular weight is 260 g/mol. The lowest BCUT2D eigenvalue weighted by Crippen LogP contribution is -2.49. The van der Waals surface area contributed by atoms with Crippen molar-refractivity contribution in [2.45, 2.75) is 52.1 Å². The Hall–Kier alpha value is -1.35. The van der Waals surface area contributed by atoms with Gasteiger partial charge >= 0.3 is 0 Å². The van der Waals surface area contributed by atoms with Crippen molar-refractivity contribution in [2.75, 3.05) is 6.54 Å². The van der Waals surface area contributed by atoms with Gasteiger partial charge in [-0.2, -0.15) is 0 Å². The molecule has 2 atom stereocenters. The van der Waals surface area contributed by atoms with E-state index >= 15 is 0 Å². The molecule has 2 N–H and O–H groups in total. The van der Waals surface area contributed by atoms with E-state index < -0.39 is 0 Å². The zero-order valence-electron chi connectivity index (χ0n) is 12.1. The monoisotopic (exact) mass is 260 g/mol. The Morgan fingerprint density at radius 2 is 2.16 bits per heavy atom. The standard InChI is InChI=1S/C16H24N2O/c1-11-4-5-12(2)14(8-11)9-16(19)18-15-7-6-13(3)17-10-15/h4-5,8,13,15,17H,6-7,9-10H2,1-3H3,(H,18,19). The van der Waals surface area contributed by atoms with Crippen molar-refractivity contribution < 1.29 is 4.79 Å². The molecule has 3 nitrogen and oxygen atoms in total. The van der Waals surface area contributed by atoms with E-state index in [0.717, 1.165) is 24.9 Å². The summed E-state index contributed by atoms with van der Waals surface area (Å²) in [5.41, 5.74) is 3.53. The molecule has 1 saturated heterocycles. The predicted octanol–water partition coefficient (Wildman–Crippen LogP) is 2.10. The quantitative estimate of drug-likeness (QED) is 0.874. The second kappa shape index (κ2) is 6.20. The zero-order valence-corrected chi connectivity index (χ0v) is 12.1. The summed E-state index contributed by atoms with van der Waals surface area (Å²) < 4.78 is 0. The summed E-state index contributed by atoms with van der Waals surface area (Å²) in [6.07, 6.45) is 2.70. The fourth-order valence-corrected chi connectivity index (χ4v) is 2.56. The minimum Gasteiger partial charge on any atom is -0.352 e. The Kier molecular flexibility index (Phi) is 4.59. The topological polar surface area (TPSA) is 41.1 Å². The van der Waals surface area contributed by atoms with Crippen LogP contribution >= 0.6 is 0 Å². The molecule has 0 spiro atoms. The van der Waals surface area contributed by atoms with Crippen molar-refractivity contribution >= 4 is 5.91 Å². The van der Waals surface area contributed by atoms with Crippen molar-refractivity contribution in [3.63, 3.8) is 0 Å². The number of carbonyl (C=O) groups excluding carboxylic acids is 1. The lowest BCUT2D eigenvalue weighted by atomic mass is 10.0. The molecule has 1 aliphatic rings. The Labute approximate surface area is 115 Å². The van der Waals surface area contributed by atoms with Gasteiger partial charge < -0.3 is 10.6 Å². The Morgan fingerprint density at radius 1 is 1.37 bits per heavy atom. The number of aryl methyl sites for hydroxylation is 2. The van der Waals surface area contributed by atoms with Gasteiger partial charge in [-0.15, -0.1) is 0 Å². The van der Waals surface area contributed by atoms with Crippen LogP contribution in [0.25, 0.3) is 0 Å². The van der Waals surface area contributed by atoms with Gasteiger partial charge in [-0.25, -0.2) is 0 Å². The third-order valence-corrected chi connectivity index (χ3v) is 3.88. The van der Waals surface area contributed by atoms with E-state index in [1.165, 1.54) is 11.1 Å². The SMILES string of the molecule is Cc1ccc(C)c(CC(=O)NC2CCC(C)NC2)c1. The lowest BCUT2D eigenvalue weighted by Gasteiger charge is -2.28. The largest absolute Gasteiger partial charge is 0.352 e. The van der Waals surface area contributed by atoms with Gasteiger partial charge in [0.2, 0.25) is 5.91 Å². The van der Waals surface area contributed by atoms with Gasteiger partial charge in [-0.05, 0) is 44.7 Å². The fourth-order valence-electron chi connectivity index (χ4n) is 2.56. The zero-order chi connectivity index (χ0) is 13.8. The van der Waals surface area contributed by atoms with Crippen molar-refractivity contribution in [3.8, 4) is 0 Å². The van der Waals surface area contributed by atoms with Crippen LogP contribution in [0, 0.1) is 13.8 Å². The molecule has 0 bridgehead atoms. The molecule has 1 fully saturated rings. The van der Waals surface area contributed by atoms with Crippen LogP contribution in [0.4, 0.5) is 0 Å². The van der Waals surface area contributed by atoms with E-state index in [9.17, 15) is 4.79 Å². The fraction of sp³-hybridized carbons (Fsp3) is 0.562. The van der Waals surface area contributed by atoms with E-state index in [1.54, 1.807) is 0 Å². The Balaban J connectivity index is 1.89. The lowest BCUT2D eigenvalue weighted by molar-refractivity contribution is -0.121. The number of hydrogen-bond acceptors (Lipinski definition) is 2. The van der Waals surface area contributed by atoms with Crippen molar-refractivity contribution in [3.05, 3.63) is 34.9 Å². The summed E-state index contributed by atoms with van der Waals surface area (Å²) in [6.45, 7) is 7.20. The first kappa shape index (κ1) is 14.1. The van der Waals surface area contributed by atoms with Gasteiger partial charge in [0.25, 0.3) is 0 Å². The first-order chi connectivity index (χ1) is 9.04. The Bertz CT molecular complexity index is 448. The number of benzene rings is 1. The molecule has 0 aliphatic carbocycles. The number of carbonyl (C=O) groups is 1. The average Bonchev–Trinajstić information content (AvgIpc) is 2.37. The summed E-state index contributed by atoms with van der Waals surface area (Å²) in [5.74, 6) is 0.134. The van der Waals surface area contributed by atoms with E-state index in [2.05, 4.69) is 49.6 Å². The summed E-state index contributed by atoms with van der Waals surface area (Å²) in [4.78, 5) is 12.1. The smallest absolute Gasteiger partial charge is 0.224 e. The number of piperidine rings is 1. The molecule has 0 aromatic heterocycles. The third-order valence-electron chi connectivity index (χ3n) is 3.88.